The molecule has 0 unspecified atom stereocenters. The highest BCUT2D eigenvalue weighted by atomic mass is 32.1. The van der Waals surface area contributed by atoms with Gasteiger partial charge in [0.1, 0.15) is 6.61 Å². The van der Waals surface area contributed by atoms with Crippen molar-refractivity contribution in [1.29, 1.82) is 0 Å². The quantitative estimate of drug-likeness (QED) is 0.264. The highest BCUT2D eigenvalue weighted by Gasteiger charge is 2.29. The molecular weight excluding hydrogens is 532 g/mol. The largest absolute Gasteiger partial charge is 0.448 e. The molecule has 0 bridgehead atoms. The van der Waals surface area contributed by atoms with E-state index in [1.54, 1.807) is 24.5 Å². The van der Waals surface area contributed by atoms with Gasteiger partial charge in [0, 0.05) is 29.7 Å². The van der Waals surface area contributed by atoms with E-state index in [1.807, 2.05) is 38.1 Å². The number of ether oxygens (including phenoxy) is 1. The van der Waals surface area contributed by atoms with Crippen molar-refractivity contribution in [1.82, 2.24) is 25.3 Å². The van der Waals surface area contributed by atoms with Gasteiger partial charge in [0.05, 0.1) is 0 Å². The summed E-state index contributed by atoms with van der Waals surface area (Å²) in [7, 11) is 0. The first-order valence-electron chi connectivity index (χ1n) is 11.9. The molecule has 1 amide bonds. The zero-order valence-electron chi connectivity index (χ0n) is 21.2. The molecule has 12 heteroatoms. The number of thiocarbonyl (C=S) groups is 2. The molecule has 5 N–H and O–H groups in total. The summed E-state index contributed by atoms with van der Waals surface area (Å²) < 4.78 is 5.45. The standard InChI is InChI=1S/C21H18N4O2S.C6H8N4S/c1-13-10-11-22-19(23-13)24-20(28)25-21(26)27-12-18-16-8-4-2-6-14(16)15-7-3-5-9-17(15)18;1-4-2-3-8-6(9-4)10-5(7)11/h2-11,18H,12H2,1H3,(H2,22,23,24,25,26,28);2-3H,1H3,(H3,7,8,9,10,11). The number of nitrogens with two attached hydrogens (primary N) is 1. The number of carbonyl (C=O) groups excluding carboxylic acids is 1. The Morgan fingerprint density at radius 1 is 0.846 bits per heavy atom. The van der Waals surface area contributed by atoms with Crippen LogP contribution in [-0.2, 0) is 4.74 Å². The normalized spacial score (nSPS) is 11.2. The second kappa shape index (κ2) is 12.8. The molecule has 1 aliphatic carbocycles. The Balaban J connectivity index is 0.000000270. The van der Waals surface area contributed by atoms with Crippen molar-refractivity contribution < 1.29 is 9.53 Å². The summed E-state index contributed by atoms with van der Waals surface area (Å²) in [5.41, 5.74) is 11.6. The van der Waals surface area contributed by atoms with Crippen molar-refractivity contribution in [2.75, 3.05) is 17.2 Å². The van der Waals surface area contributed by atoms with Gasteiger partial charge in [-0.05, 0) is 72.7 Å². The van der Waals surface area contributed by atoms with Gasteiger partial charge in [-0.1, -0.05) is 48.5 Å². The minimum Gasteiger partial charge on any atom is -0.448 e. The van der Waals surface area contributed by atoms with Gasteiger partial charge >= 0.3 is 6.09 Å². The number of aromatic nitrogens is 4. The van der Waals surface area contributed by atoms with E-state index < -0.39 is 6.09 Å². The molecule has 4 aromatic rings. The van der Waals surface area contributed by atoms with Gasteiger partial charge in [-0.15, -0.1) is 0 Å². The van der Waals surface area contributed by atoms with Gasteiger partial charge in [0.2, 0.25) is 11.9 Å². The lowest BCUT2D eigenvalue weighted by atomic mass is 9.98. The number of benzene rings is 2. The van der Waals surface area contributed by atoms with Crippen molar-refractivity contribution >= 4 is 52.7 Å². The van der Waals surface area contributed by atoms with Gasteiger partial charge in [-0.3, -0.25) is 5.32 Å². The molecule has 0 spiro atoms. The van der Waals surface area contributed by atoms with Crippen LogP contribution >= 0.6 is 24.4 Å². The minimum absolute atomic E-state index is 0.000197. The minimum atomic E-state index is -0.619. The molecule has 5 rings (SSSR count). The number of aryl methyl sites for hydroxylation is 2. The fourth-order valence-electron chi connectivity index (χ4n) is 3.99. The highest BCUT2D eigenvalue weighted by molar-refractivity contribution is 7.80. The van der Waals surface area contributed by atoms with Crippen molar-refractivity contribution in [3.63, 3.8) is 0 Å². The number of amides is 1. The van der Waals surface area contributed by atoms with Crippen LogP contribution in [0.3, 0.4) is 0 Å². The van der Waals surface area contributed by atoms with Crippen LogP contribution in [-0.4, -0.2) is 42.9 Å². The lowest BCUT2D eigenvalue weighted by Crippen LogP contribution is -2.35. The molecule has 0 aliphatic heterocycles. The summed E-state index contributed by atoms with van der Waals surface area (Å²) in [6.07, 6.45) is 2.63. The van der Waals surface area contributed by atoms with E-state index in [2.05, 4.69) is 72.4 Å². The van der Waals surface area contributed by atoms with Crippen molar-refractivity contribution in [3.8, 4) is 11.1 Å². The van der Waals surface area contributed by atoms with Crippen molar-refractivity contribution in [3.05, 3.63) is 95.6 Å². The molecule has 0 radical (unpaired) electrons. The van der Waals surface area contributed by atoms with E-state index in [0.717, 1.165) is 22.5 Å². The van der Waals surface area contributed by atoms with E-state index in [0.29, 0.717) is 11.9 Å². The third kappa shape index (κ3) is 7.49. The number of rotatable bonds is 4. The molecule has 1 aliphatic rings. The molecule has 2 aromatic heterocycles. The molecule has 0 atom stereocenters. The summed E-state index contributed by atoms with van der Waals surface area (Å²) in [6.45, 7) is 3.94. The summed E-state index contributed by atoms with van der Waals surface area (Å²) in [5, 5.41) is 8.16. The Kier molecular flexibility index (Phi) is 9.02. The summed E-state index contributed by atoms with van der Waals surface area (Å²) in [4.78, 5) is 28.3. The van der Waals surface area contributed by atoms with E-state index in [1.165, 1.54) is 11.1 Å². The van der Waals surface area contributed by atoms with Crippen LogP contribution in [0, 0.1) is 13.8 Å². The maximum absolute atomic E-state index is 12.2. The number of nitrogens with one attached hydrogen (secondary N) is 3. The SMILES string of the molecule is Cc1ccnc(NC(=S)NC(=O)OCC2c3ccccc3-c3ccccc32)n1.Cc1ccnc(NC(N)=S)n1. The summed E-state index contributed by atoms with van der Waals surface area (Å²) >= 11 is 9.73. The molecule has 0 saturated carbocycles. The Morgan fingerprint density at radius 3 is 1.87 bits per heavy atom. The molecule has 198 valence electrons. The third-order valence-corrected chi connectivity index (χ3v) is 5.92. The van der Waals surface area contributed by atoms with Gasteiger partial charge in [-0.2, -0.15) is 0 Å². The summed E-state index contributed by atoms with van der Waals surface area (Å²) in [6, 6.07) is 19.9. The number of hydrogen-bond donors (Lipinski definition) is 4. The van der Waals surface area contributed by atoms with Crippen molar-refractivity contribution in [2.45, 2.75) is 19.8 Å². The number of hydrogen-bond acceptors (Lipinski definition) is 8. The third-order valence-electron chi connectivity index (χ3n) is 5.61. The number of nitrogens with zero attached hydrogens (tertiary/aromatic N) is 4. The average Bonchev–Trinajstić information content (AvgIpc) is 3.21. The first-order valence-corrected chi connectivity index (χ1v) is 12.7. The van der Waals surface area contributed by atoms with Crippen LogP contribution in [0.4, 0.5) is 16.7 Å². The molecule has 2 heterocycles. The maximum atomic E-state index is 12.2. The van der Waals surface area contributed by atoms with Crippen LogP contribution < -0.4 is 21.7 Å². The lowest BCUT2D eigenvalue weighted by Gasteiger charge is -2.15. The number of anilines is 2. The fourth-order valence-corrected chi connectivity index (χ4v) is 4.25. The predicted molar refractivity (Wildman–Crippen MR) is 158 cm³/mol. The molecule has 10 nitrogen and oxygen atoms in total. The predicted octanol–water partition coefficient (Wildman–Crippen LogP) is 4.46. The Morgan fingerprint density at radius 2 is 1.36 bits per heavy atom. The van der Waals surface area contributed by atoms with Crippen LogP contribution in [0.25, 0.3) is 11.1 Å². The van der Waals surface area contributed by atoms with Crippen LogP contribution in [0.2, 0.25) is 0 Å². The smallest absolute Gasteiger partial charge is 0.413 e. The van der Waals surface area contributed by atoms with Crippen LogP contribution in [0.15, 0.2) is 73.1 Å². The molecule has 0 fully saturated rings. The fraction of sp³-hybridized carbons (Fsp3) is 0.148. The van der Waals surface area contributed by atoms with Crippen molar-refractivity contribution in [2.24, 2.45) is 5.73 Å². The molecule has 2 aromatic carbocycles. The highest BCUT2D eigenvalue weighted by Crippen LogP contribution is 2.44. The second-order valence-electron chi connectivity index (χ2n) is 8.44. The van der Waals surface area contributed by atoms with E-state index >= 15 is 0 Å². The van der Waals surface area contributed by atoms with E-state index in [4.69, 9.17) is 22.7 Å². The Hall–Kier alpha value is -4.55. The van der Waals surface area contributed by atoms with E-state index in [9.17, 15) is 4.79 Å². The van der Waals surface area contributed by atoms with Gasteiger partial charge in [0.15, 0.2) is 10.2 Å². The van der Waals surface area contributed by atoms with Gasteiger partial charge < -0.3 is 21.1 Å². The number of alkyl carbamates (subject to hydrolysis) is 1. The maximum Gasteiger partial charge on any atom is 0.413 e. The van der Waals surface area contributed by atoms with Gasteiger partial charge in [0.25, 0.3) is 0 Å². The number of fused-ring (bicyclic) bond motifs is 3. The lowest BCUT2D eigenvalue weighted by molar-refractivity contribution is 0.148. The first kappa shape index (κ1) is 27.5. The molecular formula is C27H26N8O2S2. The van der Waals surface area contributed by atoms with Crippen LogP contribution in [0.1, 0.15) is 28.4 Å². The zero-order valence-corrected chi connectivity index (χ0v) is 22.8. The van der Waals surface area contributed by atoms with E-state index in [-0.39, 0.29) is 22.7 Å². The average molecular weight is 559 g/mol. The zero-order chi connectivity index (χ0) is 27.8. The Bertz CT molecular complexity index is 1470. The summed E-state index contributed by atoms with van der Waals surface area (Å²) in [5.74, 6) is 0.765. The molecule has 0 saturated heterocycles. The topological polar surface area (TPSA) is 140 Å². The monoisotopic (exact) mass is 558 g/mol. The van der Waals surface area contributed by atoms with Gasteiger partial charge in [-0.25, -0.2) is 24.7 Å². The Labute approximate surface area is 236 Å². The number of carbonyl (C=O) groups is 1. The molecule has 39 heavy (non-hydrogen) atoms. The second-order valence-corrected chi connectivity index (χ2v) is 9.29. The van der Waals surface area contributed by atoms with Crippen LogP contribution in [0.5, 0.6) is 0 Å². The first-order chi connectivity index (χ1) is 18.8.